The molecule has 76 heavy (non-hydrogen) atoms. The fraction of sp³-hybridized carbons (Fsp3) is 0.534. The molecule has 4 aromatic carbocycles. The molecule has 0 radical (unpaired) electrons. The average molecular weight is 1070 g/mol. The zero-order valence-electron chi connectivity index (χ0n) is 46.3. The molecule has 0 fully saturated rings. The normalized spacial score (nSPS) is 12.6. The minimum Gasteiger partial charge on any atom is -0.544 e. The van der Waals surface area contributed by atoms with Crippen molar-refractivity contribution < 1.29 is 47.2 Å². The van der Waals surface area contributed by atoms with Crippen LogP contribution in [-0.4, -0.2) is 130 Å². The van der Waals surface area contributed by atoms with Crippen LogP contribution in [-0.2, 0) is 48.3 Å². The molecule has 0 bridgehead atoms. The maximum Gasteiger partial charge on any atom is 0.250 e. The number of carbonyl (C=O) groups is 3. The van der Waals surface area contributed by atoms with Crippen molar-refractivity contribution in [2.75, 3.05) is 97.7 Å². The van der Waals surface area contributed by atoms with Crippen molar-refractivity contribution in [2.24, 2.45) is 11.0 Å². The van der Waals surface area contributed by atoms with Crippen LogP contribution in [0.4, 0.5) is 5.69 Å². The number of amides is 3. The molecule has 0 saturated heterocycles. The van der Waals surface area contributed by atoms with Crippen LogP contribution in [0.5, 0.6) is 5.75 Å². The second-order valence-electron chi connectivity index (χ2n) is 20.4. The van der Waals surface area contributed by atoms with Gasteiger partial charge in [-0.05, 0) is 103 Å². The molecule has 2 atom stereocenters. The number of hydrogen-bond acceptors (Lipinski definition) is 12. The summed E-state index contributed by atoms with van der Waals surface area (Å²) in [6, 6.07) is 35.1. The predicted octanol–water partition coefficient (Wildman–Crippen LogP) is 9.50. The molecule has 4 N–H and O–H groups in total. The Morgan fingerprint density at radius 3 is 1.59 bits per heavy atom. The summed E-state index contributed by atoms with van der Waals surface area (Å²) in [5.41, 5.74) is 12.7. The number of hydrogen-bond donors (Lipinski definition) is 4. The number of carbonyl (C=O) groups excluding carboxylic acids is 3. The zero-order chi connectivity index (χ0) is 55.1. The summed E-state index contributed by atoms with van der Waals surface area (Å²) in [5.74, 6) is -0.672. The van der Waals surface area contributed by atoms with Crippen LogP contribution >= 0.6 is 0 Å². The maximum atomic E-state index is 14.2. The summed E-state index contributed by atoms with van der Waals surface area (Å²) in [4.78, 5) is 44.2. The van der Waals surface area contributed by atoms with E-state index < -0.39 is 31.8 Å². The highest BCUT2D eigenvalue weighted by molar-refractivity contribution is 6.74. The van der Waals surface area contributed by atoms with E-state index in [-0.39, 0.29) is 42.4 Å². The predicted molar refractivity (Wildman–Crippen MR) is 301 cm³/mol. The molecule has 4 rings (SSSR count). The van der Waals surface area contributed by atoms with Crippen molar-refractivity contribution in [2.45, 2.75) is 103 Å². The summed E-state index contributed by atoms with van der Waals surface area (Å²) in [6.45, 7) is 22.1. The van der Waals surface area contributed by atoms with Gasteiger partial charge >= 0.3 is 0 Å². The van der Waals surface area contributed by atoms with Crippen molar-refractivity contribution in [3.63, 3.8) is 0 Å². The summed E-state index contributed by atoms with van der Waals surface area (Å²) in [5, 5.41) is 16.3. The second kappa shape index (κ2) is 34.2. The van der Waals surface area contributed by atoms with Crippen molar-refractivity contribution in [3.05, 3.63) is 142 Å². The second-order valence-corrected chi connectivity index (χ2v) is 25.1. The Kier molecular flexibility index (Phi) is 28.3. The smallest absolute Gasteiger partial charge is 0.250 e. The van der Waals surface area contributed by atoms with E-state index in [2.05, 4.69) is 145 Å². The van der Waals surface area contributed by atoms with E-state index in [1.54, 1.807) is 0 Å². The van der Waals surface area contributed by atoms with Gasteiger partial charge in [0, 0.05) is 23.6 Å². The van der Waals surface area contributed by atoms with E-state index in [1.165, 1.54) is 5.56 Å². The molecule has 18 heteroatoms. The maximum absolute atomic E-state index is 14.2. The number of aryl methyl sites for hydroxylation is 1. The minimum absolute atomic E-state index is 0.0197. The molecule has 0 saturated carbocycles. The Balaban J connectivity index is 1.29. The van der Waals surface area contributed by atoms with Gasteiger partial charge in [-0.25, -0.2) is 0 Å². The Bertz CT molecular complexity index is 2270. The Morgan fingerprint density at radius 2 is 1.11 bits per heavy atom. The third-order valence-electron chi connectivity index (χ3n) is 13.1. The van der Waals surface area contributed by atoms with Gasteiger partial charge in [-0.1, -0.05) is 130 Å². The van der Waals surface area contributed by atoms with E-state index in [1.807, 2.05) is 50.2 Å². The molecule has 0 spiro atoms. The lowest BCUT2D eigenvalue weighted by Crippen LogP contribution is -2.54. The highest BCUT2D eigenvalue weighted by atomic mass is 28.4. The molecule has 0 aliphatic rings. The van der Waals surface area contributed by atoms with E-state index in [4.69, 9.17) is 38.4 Å². The Hall–Kier alpha value is -5.66. The molecule has 0 aliphatic heterocycles. The van der Waals surface area contributed by atoms with Crippen LogP contribution in [0.3, 0.4) is 0 Å². The lowest BCUT2D eigenvalue weighted by molar-refractivity contribution is -0.132. The van der Waals surface area contributed by atoms with Crippen LogP contribution < -0.4 is 25.7 Å². The highest BCUT2D eigenvalue weighted by Crippen LogP contribution is 2.38. The van der Waals surface area contributed by atoms with Gasteiger partial charge in [0.15, 0.2) is 0 Å². The van der Waals surface area contributed by atoms with Crippen molar-refractivity contribution in [1.82, 2.24) is 16.0 Å². The number of azide groups is 1. The van der Waals surface area contributed by atoms with Gasteiger partial charge in [-0.15, -0.1) is 0 Å². The van der Waals surface area contributed by atoms with Crippen LogP contribution in [0.25, 0.3) is 10.4 Å². The summed E-state index contributed by atoms with van der Waals surface area (Å²) < 4.78 is 39.4. The third kappa shape index (κ3) is 22.1. The van der Waals surface area contributed by atoms with Gasteiger partial charge in [0.1, 0.15) is 17.8 Å². The van der Waals surface area contributed by atoms with Crippen molar-refractivity contribution >= 4 is 31.7 Å². The number of nitrogens with zero attached hydrogens (tertiary/aromatic N) is 3. The lowest BCUT2D eigenvalue weighted by atomic mass is 9.76. The SMILES string of the molecule is Cc1ccc(C(NCCCC[C@H](NC(=O)[C@@H](NC(=O)CCOCCOCCOCCOCCOCCOCCN=[N+]=[N-])C(C)C)C(=O)Nc2ccc(O[Si](C)(C)C(C)(C)C)cc2)(c2ccccc2)c2ccccc2)cc1. The largest absolute Gasteiger partial charge is 0.544 e. The van der Waals surface area contributed by atoms with Gasteiger partial charge in [0.05, 0.1) is 84.8 Å². The van der Waals surface area contributed by atoms with E-state index >= 15 is 0 Å². The van der Waals surface area contributed by atoms with Gasteiger partial charge in [-0.3, -0.25) is 19.7 Å². The van der Waals surface area contributed by atoms with Crippen LogP contribution in [0.2, 0.25) is 18.1 Å². The lowest BCUT2D eigenvalue weighted by Gasteiger charge is -2.37. The first-order valence-corrected chi connectivity index (χ1v) is 29.6. The summed E-state index contributed by atoms with van der Waals surface area (Å²) in [6.07, 6.45) is 1.70. The first kappa shape index (κ1) is 62.9. The molecule has 17 nitrogen and oxygen atoms in total. The monoisotopic (exact) mass is 1070 g/mol. The van der Waals surface area contributed by atoms with Gasteiger partial charge < -0.3 is 48.8 Å². The number of ether oxygens (including phenoxy) is 6. The first-order valence-electron chi connectivity index (χ1n) is 26.7. The van der Waals surface area contributed by atoms with Crippen LogP contribution in [0.1, 0.15) is 82.6 Å². The molecule has 416 valence electrons. The van der Waals surface area contributed by atoms with Crippen molar-refractivity contribution in [3.8, 4) is 5.75 Å². The van der Waals surface area contributed by atoms with Crippen LogP contribution in [0, 0.1) is 12.8 Å². The molecule has 4 aromatic rings. The molecular formula is C58H85N7O10Si. The molecule has 0 aromatic heterocycles. The zero-order valence-corrected chi connectivity index (χ0v) is 47.3. The number of anilines is 1. The van der Waals surface area contributed by atoms with Crippen LogP contribution in [0.15, 0.2) is 114 Å². The summed E-state index contributed by atoms with van der Waals surface area (Å²) >= 11 is 0. The number of rotatable bonds is 38. The average Bonchev–Trinajstić information content (AvgIpc) is 3.44. The topological polar surface area (TPSA) is 213 Å². The Morgan fingerprint density at radius 1 is 0.618 bits per heavy atom. The van der Waals surface area contributed by atoms with Gasteiger partial charge in [-0.2, -0.15) is 0 Å². The number of benzene rings is 4. The van der Waals surface area contributed by atoms with E-state index in [0.717, 1.165) is 22.4 Å². The van der Waals surface area contributed by atoms with Gasteiger partial charge in [0.2, 0.25) is 26.0 Å². The number of nitrogens with one attached hydrogen (secondary N) is 4. The van der Waals surface area contributed by atoms with E-state index in [9.17, 15) is 14.4 Å². The number of unbranched alkanes of at least 4 members (excludes halogenated alkanes) is 1. The van der Waals surface area contributed by atoms with E-state index in [0.29, 0.717) is 104 Å². The molecule has 0 unspecified atom stereocenters. The quantitative estimate of drug-likeness (QED) is 0.00829. The molecule has 3 amide bonds. The minimum atomic E-state index is -2.08. The molecule has 0 aliphatic carbocycles. The molecule has 0 heterocycles. The first-order chi connectivity index (χ1) is 36.6. The highest BCUT2D eigenvalue weighted by Gasteiger charge is 2.39. The van der Waals surface area contributed by atoms with Gasteiger partial charge in [0.25, 0.3) is 0 Å². The Labute approximate surface area is 452 Å². The standard InChI is InChI=1S/C58H85N7O10Si/c1-45(2)54(64-53(66)30-33-69-35-37-71-39-41-73-43-44-74-42-40-72-38-36-70-34-32-61-65-59)56(68)63-52(55(67)62-50-26-28-51(29-27-50)75-76(7,8)57(4,5)6)21-15-16-31-60-58(47-17-11-9-12-18-47,48-19-13-10-14-20-48)49-24-22-46(3)23-25-49/h9-14,17-20,22-29,45,52,54,60H,15-16,21,30-44H2,1-8H3,(H,62,67)(H,63,68)(H,64,66)/t52-,54-/m0/s1. The van der Waals surface area contributed by atoms with Crippen molar-refractivity contribution in [1.29, 1.82) is 0 Å². The molecular weight excluding hydrogens is 983 g/mol. The fourth-order valence-corrected chi connectivity index (χ4v) is 8.88. The summed E-state index contributed by atoms with van der Waals surface area (Å²) in [7, 11) is -2.08. The third-order valence-corrected chi connectivity index (χ3v) is 17.5. The fourth-order valence-electron chi connectivity index (χ4n) is 7.85.